The van der Waals surface area contributed by atoms with Gasteiger partial charge in [-0.2, -0.15) is 11.8 Å². The summed E-state index contributed by atoms with van der Waals surface area (Å²) in [6, 6.07) is 10.3. The Bertz CT molecular complexity index is 240. The van der Waals surface area contributed by atoms with E-state index in [9.17, 15) is 0 Å². The summed E-state index contributed by atoms with van der Waals surface area (Å²) in [4.78, 5) is 0. The molecule has 3 heteroatoms. The molecule has 0 heterocycles. The van der Waals surface area contributed by atoms with Gasteiger partial charge in [-0.25, -0.2) is 0 Å². The second-order valence-electron chi connectivity index (χ2n) is 3.08. The van der Waals surface area contributed by atoms with Gasteiger partial charge in [-0.1, -0.05) is 30.3 Å². The summed E-state index contributed by atoms with van der Waals surface area (Å²) in [5.74, 6) is 1.96. The van der Waals surface area contributed by atoms with Crippen molar-refractivity contribution in [1.82, 2.24) is 0 Å². The van der Waals surface area contributed by atoms with E-state index < -0.39 is 0 Å². The Balaban J connectivity index is 2.25. The number of methoxy groups -OCH3 is 1. The van der Waals surface area contributed by atoms with E-state index in [-0.39, 0.29) is 6.04 Å². The minimum Gasteiger partial charge on any atom is -0.384 e. The number of nitrogens with two attached hydrogens (primary N) is 1. The van der Waals surface area contributed by atoms with Crippen LogP contribution in [0.2, 0.25) is 0 Å². The molecule has 1 unspecified atom stereocenters. The van der Waals surface area contributed by atoms with Crippen molar-refractivity contribution >= 4 is 11.8 Å². The third-order valence-corrected chi connectivity index (χ3v) is 3.01. The smallest absolute Gasteiger partial charge is 0.0552 e. The van der Waals surface area contributed by atoms with Crippen molar-refractivity contribution in [2.24, 2.45) is 5.73 Å². The molecule has 0 aliphatic rings. The molecule has 0 spiro atoms. The number of hydrogen-bond acceptors (Lipinski definition) is 3. The van der Waals surface area contributed by atoms with Gasteiger partial charge < -0.3 is 10.5 Å². The van der Waals surface area contributed by atoms with Crippen LogP contribution < -0.4 is 5.73 Å². The molecule has 0 amide bonds. The maximum absolute atomic E-state index is 6.02. The van der Waals surface area contributed by atoms with Crippen molar-refractivity contribution in [2.75, 3.05) is 25.2 Å². The Morgan fingerprint density at radius 3 is 2.71 bits per heavy atom. The second kappa shape index (κ2) is 6.87. The highest BCUT2D eigenvalue weighted by molar-refractivity contribution is 7.99. The molecule has 1 atom stereocenters. The molecule has 1 aromatic rings. The molecule has 1 aromatic carbocycles. The van der Waals surface area contributed by atoms with Crippen molar-refractivity contribution in [3.05, 3.63) is 35.9 Å². The Labute approximate surface area is 89.8 Å². The van der Waals surface area contributed by atoms with Crippen molar-refractivity contribution < 1.29 is 4.74 Å². The lowest BCUT2D eigenvalue weighted by atomic mass is 10.1. The van der Waals surface area contributed by atoms with Crippen LogP contribution in [-0.4, -0.2) is 25.2 Å². The zero-order valence-corrected chi connectivity index (χ0v) is 9.30. The van der Waals surface area contributed by atoms with Gasteiger partial charge in [0.05, 0.1) is 6.61 Å². The Morgan fingerprint density at radius 1 is 1.36 bits per heavy atom. The molecule has 78 valence electrons. The van der Waals surface area contributed by atoms with E-state index in [2.05, 4.69) is 12.1 Å². The van der Waals surface area contributed by atoms with Crippen LogP contribution in [0.3, 0.4) is 0 Å². The van der Waals surface area contributed by atoms with Crippen molar-refractivity contribution in [2.45, 2.75) is 6.04 Å². The van der Waals surface area contributed by atoms with Gasteiger partial charge in [-0.3, -0.25) is 0 Å². The second-order valence-corrected chi connectivity index (χ2v) is 4.23. The van der Waals surface area contributed by atoms with Crippen LogP contribution in [0.15, 0.2) is 30.3 Å². The average Bonchev–Trinajstić information content (AvgIpc) is 2.25. The summed E-state index contributed by atoms with van der Waals surface area (Å²) >= 11 is 1.83. The van der Waals surface area contributed by atoms with Crippen LogP contribution in [0.5, 0.6) is 0 Å². The first-order valence-electron chi connectivity index (χ1n) is 4.72. The first kappa shape index (κ1) is 11.6. The summed E-state index contributed by atoms with van der Waals surface area (Å²) in [7, 11) is 1.72. The lowest BCUT2D eigenvalue weighted by Gasteiger charge is -2.10. The number of benzene rings is 1. The van der Waals surface area contributed by atoms with Gasteiger partial charge in [0.15, 0.2) is 0 Å². The highest BCUT2D eigenvalue weighted by Gasteiger charge is 2.04. The molecular weight excluding hydrogens is 194 g/mol. The van der Waals surface area contributed by atoms with Gasteiger partial charge in [0.1, 0.15) is 0 Å². The molecule has 0 saturated carbocycles. The monoisotopic (exact) mass is 211 g/mol. The van der Waals surface area contributed by atoms with Gasteiger partial charge >= 0.3 is 0 Å². The van der Waals surface area contributed by atoms with E-state index in [4.69, 9.17) is 10.5 Å². The summed E-state index contributed by atoms with van der Waals surface area (Å²) in [5, 5.41) is 0. The van der Waals surface area contributed by atoms with Gasteiger partial charge in [-0.05, 0) is 5.56 Å². The molecule has 0 saturated heterocycles. The van der Waals surface area contributed by atoms with Crippen LogP contribution in [0, 0.1) is 0 Å². The highest BCUT2D eigenvalue weighted by Crippen LogP contribution is 2.15. The molecule has 0 bridgehead atoms. The Morgan fingerprint density at radius 2 is 2.07 bits per heavy atom. The molecule has 1 rings (SSSR count). The Kier molecular flexibility index (Phi) is 5.68. The minimum absolute atomic E-state index is 0.137. The van der Waals surface area contributed by atoms with Crippen LogP contribution in [0.1, 0.15) is 11.6 Å². The third kappa shape index (κ3) is 4.13. The lowest BCUT2D eigenvalue weighted by Crippen LogP contribution is -2.13. The van der Waals surface area contributed by atoms with Gasteiger partial charge in [-0.15, -0.1) is 0 Å². The topological polar surface area (TPSA) is 35.2 Å². The van der Waals surface area contributed by atoms with E-state index >= 15 is 0 Å². The highest BCUT2D eigenvalue weighted by atomic mass is 32.2. The van der Waals surface area contributed by atoms with Crippen LogP contribution in [0.25, 0.3) is 0 Å². The number of thioether (sulfide) groups is 1. The first-order valence-corrected chi connectivity index (χ1v) is 5.87. The van der Waals surface area contributed by atoms with Crippen LogP contribution in [-0.2, 0) is 4.74 Å². The maximum Gasteiger partial charge on any atom is 0.0552 e. The molecule has 0 fully saturated rings. The quantitative estimate of drug-likeness (QED) is 0.732. The number of hydrogen-bond donors (Lipinski definition) is 1. The van der Waals surface area contributed by atoms with Crippen molar-refractivity contribution in [3.8, 4) is 0 Å². The first-order chi connectivity index (χ1) is 6.84. The Hall–Kier alpha value is -0.510. The summed E-state index contributed by atoms with van der Waals surface area (Å²) in [5.41, 5.74) is 7.22. The zero-order valence-electron chi connectivity index (χ0n) is 8.48. The van der Waals surface area contributed by atoms with E-state index in [0.29, 0.717) is 0 Å². The van der Waals surface area contributed by atoms with Crippen molar-refractivity contribution in [1.29, 1.82) is 0 Å². The van der Waals surface area contributed by atoms with Gasteiger partial charge in [0, 0.05) is 24.7 Å². The molecular formula is C11H17NOS. The maximum atomic E-state index is 6.02. The average molecular weight is 211 g/mol. The van der Waals surface area contributed by atoms with Crippen LogP contribution >= 0.6 is 11.8 Å². The van der Waals surface area contributed by atoms with Crippen LogP contribution in [0.4, 0.5) is 0 Å². The fraction of sp³-hybridized carbons (Fsp3) is 0.455. The molecule has 0 aliphatic heterocycles. The summed E-state index contributed by atoms with van der Waals surface area (Å²) < 4.78 is 4.97. The fourth-order valence-corrected chi connectivity index (χ4v) is 2.05. The molecule has 0 radical (unpaired) electrons. The number of rotatable bonds is 6. The van der Waals surface area contributed by atoms with E-state index in [1.807, 2.05) is 30.0 Å². The summed E-state index contributed by atoms with van der Waals surface area (Å²) in [6.45, 7) is 0.798. The SMILES string of the molecule is COCCSCC(N)c1ccccc1. The minimum atomic E-state index is 0.137. The molecule has 0 aromatic heterocycles. The zero-order chi connectivity index (χ0) is 10.2. The lowest BCUT2D eigenvalue weighted by molar-refractivity contribution is 0.218. The van der Waals surface area contributed by atoms with E-state index in [1.54, 1.807) is 7.11 Å². The number of ether oxygens (including phenoxy) is 1. The van der Waals surface area contributed by atoms with Gasteiger partial charge in [0.2, 0.25) is 0 Å². The van der Waals surface area contributed by atoms with Gasteiger partial charge in [0.25, 0.3) is 0 Å². The molecule has 0 aliphatic carbocycles. The largest absolute Gasteiger partial charge is 0.384 e. The molecule has 2 N–H and O–H groups in total. The van der Waals surface area contributed by atoms with Crippen molar-refractivity contribution in [3.63, 3.8) is 0 Å². The standard InChI is InChI=1S/C11H17NOS/c1-13-7-8-14-9-11(12)10-5-3-2-4-6-10/h2-6,11H,7-9,12H2,1H3. The predicted molar refractivity (Wildman–Crippen MR) is 62.6 cm³/mol. The third-order valence-electron chi connectivity index (χ3n) is 1.96. The normalized spacial score (nSPS) is 12.7. The predicted octanol–water partition coefficient (Wildman–Crippen LogP) is 2.07. The molecule has 2 nitrogen and oxygen atoms in total. The molecule has 14 heavy (non-hydrogen) atoms. The fourth-order valence-electron chi connectivity index (χ4n) is 1.15. The van der Waals surface area contributed by atoms with E-state index in [1.165, 1.54) is 5.56 Å². The summed E-state index contributed by atoms with van der Waals surface area (Å²) in [6.07, 6.45) is 0. The van der Waals surface area contributed by atoms with E-state index in [0.717, 1.165) is 18.1 Å².